The van der Waals surface area contributed by atoms with Crippen molar-refractivity contribution in [1.29, 1.82) is 0 Å². The molecule has 20 heavy (non-hydrogen) atoms. The van der Waals surface area contributed by atoms with E-state index in [1.807, 2.05) is 0 Å². The molecule has 1 heterocycles. The number of nitrogens with one attached hydrogen (secondary N) is 2. The number of carbonyl (C=O) groups excluding carboxylic acids is 1. The van der Waals surface area contributed by atoms with Crippen LogP contribution in [0.2, 0.25) is 0 Å². The van der Waals surface area contributed by atoms with Gasteiger partial charge in [-0.05, 0) is 37.9 Å². The number of hydrogen-bond donors (Lipinski definition) is 2. The van der Waals surface area contributed by atoms with Crippen molar-refractivity contribution < 1.29 is 14.1 Å². The van der Waals surface area contributed by atoms with E-state index in [4.69, 9.17) is 0 Å². The van der Waals surface area contributed by atoms with Crippen molar-refractivity contribution in [1.82, 2.24) is 10.6 Å². The molecule has 1 amide bonds. The lowest BCUT2D eigenvalue weighted by Gasteiger charge is -2.10. The van der Waals surface area contributed by atoms with Crippen molar-refractivity contribution in [2.45, 2.75) is 25.3 Å². The minimum absolute atomic E-state index is 0.241. The standard InChI is InChI=1S/C13H16FN3O3/c14-9-3-4-12(17(19)20)11(8-9)13(18)16-7-5-10-2-1-6-15-10/h3-4,8,10,15H,1-2,5-7H2,(H,16,18)/t10-/m1/s1. The van der Waals surface area contributed by atoms with E-state index >= 15 is 0 Å². The first-order valence-electron chi connectivity index (χ1n) is 6.53. The minimum Gasteiger partial charge on any atom is -0.352 e. The van der Waals surface area contributed by atoms with E-state index in [-0.39, 0.29) is 11.3 Å². The molecule has 1 fully saturated rings. The molecule has 0 aliphatic carbocycles. The van der Waals surface area contributed by atoms with Crippen molar-refractivity contribution in [3.63, 3.8) is 0 Å². The third-order valence-corrected chi connectivity index (χ3v) is 3.34. The lowest BCUT2D eigenvalue weighted by atomic mass is 10.1. The van der Waals surface area contributed by atoms with E-state index < -0.39 is 16.6 Å². The van der Waals surface area contributed by atoms with Gasteiger partial charge in [0, 0.05) is 18.7 Å². The van der Waals surface area contributed by atoms with Crippen LogP contribution in [0.4, 0.5) is 10.1 Å². The fourth-order valence-electron chi connectivity index (χ4n) is 2.31. The Morgan fingerprint density at radius 1 is 1.55 bits per heavy atom. The van der Waals surface area contributed by atoms with Gasteiger partial charge in [-0.3, -0.25) is 14.9 Å². The Kier molecular flexibility index (Phi) is 4.62. The molecule has 0 spiro atoms. The summed E-state index contributed by atoms with van der Waals surface area (Å²) in [5, 5.41) is 16.7. The highest BCUT2D eigenvalue weighted by atomic mass is 19.1. The van der Waals surface area contributed by atoms with Gasteiger partial charge in [0.05, 0.1) is 4.92 Å². The van der Waals surface area contributed by atoms with Crippen molar-refractivity contribution in [2.24, 2.45) is 0 Å². The summed E-state index contributed by atoms with van der Waals surface area (Å²) in [4.78, 5) is 22.0. The first-order valence-corrected chi connectivity index (χ1v) is 6.53. The molecule has 7 heteroatoms. The average molecular weight is 281 g/mol. The number of halogens is 1. The summed E-state index contributed by atoms with van der Waals surface area (Å²) in [6, 6.07) is 3.24. The Bertz CT molecular complexity index is 516. The Hall–Kier alpha value is -2.02. The zero-order valence-corrected chi connectivity index (χ0v) is 10.9. The number of carbonyl (C=O) groups is 1. The van der Waals surface area contributed by atoms with Crippen LogP contribution in [-0.2, 0) is 0 Å². The monoisotopic (exact) mass is 281 g/mol. The molecule has 0 radical (unpaired) electrons. The van der Waals surface area contributed by atoms with E-state index in [1.165, 1.54) is 0 Å². The van der Waals surface area contributed by atoms with Gasteiger partial charge in [-0.25, -0.2) is 4.39 Å². The van der Waals surface area contributed by atoms with Gasteiger partial charge in [0.2, 0.25) is 0 Å². The zero-order valence-electron chi connectivity index (χ0n) is 10.9. The molecule has 0 unspecified atom stereocenters. The first-order chi connectivity index (χ1) is 9.58. The first kappa shape index (κ1) is 14.4. The average Bonchev–Trinajstić information content (AvgIpc) is 2.91. The fraction of sp³-hybridized carbons (Fsp3) is 0.462. The number of nitro groups is 1. The third-order valence-electron chi connectivity index (χ3n) is 3.34. The van der Waals surface area contributed by atoms with Gasteiger partial charge in [0.15, 0.2) is 0 Å². The quantitative estimate of drug-likeness (QED) is 0.634. The van der Waals surface area contributed by atoms with E-state index in [2.05, 4.69) is 10.6 Å². The molecule has 0 bridgehead atoms. The van der Waals surface area contributed by atoms with E-state index in [0.717, 1.165) is 44.0 Å². The second kappa shape index (κ2) is 6.42. The summed E-state index contributed by atoms with van der Waals surface area (Å²) >= 11 is 0. The van der Waals surface area contributed by atoms with E-state index in [9.17, 15) is 19.3 Å². The lowest BCUT2D eigenvalue weighted by Crippen LogP contribution is -2.31. The molecule has 1 aromatic carbocycles. The van der Waals surface area contributed by atoms with E-state index in [0.29, 0.717) is 12.6 Å². The number of nitrogens with zero attached hydrogens (tertiary/aromatic N) is 1. The molecule has 2 N–H and O–H groups in total. The number of nitro benzene ring substituents is 1. The van der Waals surface area contributed by atoms with Crippen LogP contribution in [0.1, 0.15) is 29.6 Å². The van der Waals surface area contributed by atoms with Crippen molar-refractivity contribution in [3.8, 4) is 0 Å². The summed E-state index contributed by atoms with van der Waals surface area (Å²) in [7, 11) is 0. The summed E-state index contributed by atoms with van der Waals surface area (Å²) < 4.78 is 13.1. The number of amides is 1. The maximum absolute atomic E-state index is 13.1. The Balaban J connectivity index is 1.97. The van der Waals surface area contributed by atoms with Crippen LogP contribution >= 0.6 is 0 Å². The number of hydrogen-bond acceptors (Lipinski definition) is 4. The van der Waals surface area contributed by atoms with Gasteiger partial charge in [0.1, 0.15) is 11.4 Å². The van der Waals surface area contributed by atoms with Gasteiger partial charge in [0.25, 0.3) is 11.6 Å². The van der Waals surface area contributed by atoms with Crippen LogP contribution < -0.4 is 10.6 Å². The van der Waals surface area contributed by atoms with Crippen LogP contribution in [0, 0.1) is 15.9 Å². The normalized spacial score (nSPS) is 17.9. The summed E-state index contributed by atoms with van der Waals surface area (Å²) in [5.41, 5.74) is -0.628. The molecule has 1 aromatic rings. The lowest BCUT2D eigenvalue weighted by molar-refractivity contribution is -0.385. The Labute approximate surface area is 115 Å². The highest BCUT2D eigenvalue weighted by Gasteiger charge is 2.21. The van der Waals surface area contributed by atoms with Crippen LogP contribution in [0.15, 0.2) is 18.2 Å². The zero-order chi connectivity index (χ0) is 14.5. The SMILES string of the molecule is O=C(NCC[C@H]1CCCN1)c1cc(F)ccc1[N+](=O)[O-]. The predicted molar refractivity (Wildman–Crippen MR) is 71.0 cm³/mol. The van der Waals surface area contributed by atoms with Gasteiger partial charge < -0.3 is 10.6 Å². The molecular weight excluding hydrogens is 265 g/mol. The van der Waals surface area contributed by atoms with Gasteiger partial charge >= 0.3 is 0 Å². The molecule has 0 saturated carbocycles. The van der Waals surface area contributed by atoms with Crippen molar-refractivity contribution in [3.05, 3.63) is 39.7 Å². The highest BCUT2D eigenvalue weighted by Crippen LogP contribution is 2.19. The van der Waals surface area contributed by atoms with Crippen LogP contribution in [0.25, 0.3) is 0 Å². The van der Waals surface area contributed by atoms with Crippen LogP contribution in [-0.4, -0.2) is 30.0 Å². The molecule has 1 aliphatic rings. The predicted octanol–water partition coefficient (Wildman–Crippen LogP) is 1.61. The second-order valence-corrected chi connectivity index (χ2v) is 4.76. The van der Waals surface area contributed by atoms with Crippen molar-refractivity contribution in [2.75, 3.05) is 13.1 Å². The molecule has 1 atom stereocenters. The van der Waals surface area contributed by atoms with Gasteiger partial charge in [-0.1, -0.05) is 0 Å². The number of rotatable bonds is 5. The molecule has 108 valence electrons. The van der Waals surface area contributed by atoms with Gasteiger partial charge in [-0.2, -0.15) is 0 Å². The molecule has 1 saturated heterocycles. The summed E-state index contributed by atoms with van der Waals surface area (Å²) in [6.07, 6.45) is 2.94. The fourth-order valence-corrected chi connectivity index (χ4v) is 2.31. The molecule has 0 aromatic heterocycles. The molecule has 2 rings (SSSR count). The minimum atomic E-state index is -0.688. The topological polar surface area (TPSA) is 84.3 Å². The molecule has 1 aliphatic heterocycles. The Morgan fingerprint density at radius 2 is 2.35 bits per heavy atom. The van der Waals surface area contributed by atoms with Crippen LogP contribution in [0.5, 0.6) is 0 Å². The Morgan fingerprint density at radius 3 is 3.00 bits per heavy atom. The maximum atomic E-state index is 13.1. The third kappa shape index (κ3) is 3.51. The molecular formula is C13H16FN3O3. The molecule has 6 nitrogen and oxygen atoms in total. The second-order valence-electron chi connectivity index (χ2n) is 4.76. The van der Waals surface area contributed by atoms with Crippen LogP contribution in [0.3, 0.4) is 0 Å². The van der Waals surface area contributed by atoms with Gasteiger partial charge in [-0.15, -0.1) is 0 Å². The largest absolute Gasteiger partial charge is 0.352 e. The smallest absolute Gasteiger partial charge is 0.282 e. The summed E-state index contributed by atoms with van der Waals surface area (Å²) in [6.45, 7) is 1.39. The van der Waals surface area contributed by atoms with Crippen molar-refractivity contribution >= 4 is 11.6 Å². The maximum Gasteiger partial charge on any atom is 0.282 e. The van der Waals surface area contributed by atoms with E-state index in [1.54, 1.807) is 0 Å². The highest BCUT2D eigenvalue weighted by molar-refractivity contribution is 5.98. The summed E-state index contributed by atoms with van der Waals surface area (Å²) in [5.74, 6) is -1.28. The number of benzene rings is 1.